The highest BCUT2D eigenvalue weighted by Crippen LogP contribution is 2.22. The fourth-order valence-electron chi connectivity index (χ4n) is 0.941. The Balaban J connectivity index is 2.52. The van der Waals surface area contributed by atoms with Gasteiger partial charge < -0.3 is 5.73 Å². The van der Waals surface area contributed by atoms with E-state index in [0.717, 1.165) is 4.47 Å². The minimum absolute atomic E-state index is 0.215. The first kappa shape index (κ1) is 8.18. The Bertz CT molecular complexity index is 424. The zero-order chi connectivity index (χ0) is 9.26. The van der Waals surface area contributed by atoms with Crippen molar-refractivity contribution in [3.8, 4) is 11.5 Å². The number of nitrogens with zero attached hydrogens (tertiary/aromatic N) is 3. The summed E-state index contributed by atoms with van der Waals surface area (Å²) >= 11 is 3.35. The van der Waals surface area contributed by atoms with Crippen molar-refractivity contribution in [2.45, 2.75) is 0 Å². The van der Waals surface area contributed by atoms with Gasteiger partial charge in [-0.15, -0.1) is 5.10 Å². The van der Waals surface area contributed by atoms with Gasteiger partial charge >= 0.3 is 0 Å². The molecule has 2 aromatic rings. The lowest BCUT2D eigenvalue weighted by Gasteiger charge is -1.96. The van der Waals surface area contributed by atoms with Crippen LogP contribution in [0.3, 0.4) is 0 Å². The third-order valence-electron chi connectivity index (χ3n) is 1.49. The molecule has 0 aliphatic rings. The van der Waals surface area contributed by atoms with Crippen molar-refractivity contribution >= 4 is 21.9 Å². The molecule has 0 aliphatic heterocycles. The van der Waals surface area contributed by atoms with Crippen molar-refractivity contribution in [2.24, 2.45) is 0 Å². The van der Waals surface area contributed by atoms with E-state index in [4.69, 9.17) is 5.73 Å². The third-order valence-corrected chi connectivity index (χ3v) is 2.13. The zero-order valence-electron chi connectivity index (χ0n) is 6.53. The average Bonchev–Trinajstić information content (AvgIpc) is 2.53. The molecule has 0 fully saturated rings. The molecule has 0 unspecified atom stereocenters. The largest absolute Gasteiger partial charge is 0.366 e. The van der Waals surface area contributed by atoms with Gasteiger partial charge in [0, 0.05) is 10.7 Å². The standard InChI is InChI=1S/C7H6BrN5/c8-4-2-1-3-10-5(4)6-11-7(9)13-12-6/h1-3H,(H3,9,11,12,13). The molecule has 13 heavy (non-hydrogen) atoms. The molecule has 0 amide bonds. The number of hydrogen-bond donors (Lipinski definition) is 2. The van der Waals surface area contributed by atoms with E-state index >= 15 is 0 Å². The Morgan fingerprint density at radius 3 is 2.92 bits per heavy atom. The van der Waals surface area contributed by atoms with Crippen LogP contribution in [0.25, 0.3) is 11.5 Å². The van der Waals surface area contributed by atoms with E-state index in [1.165, 1.54) is 0 Å². The highest BCUT2D eigenvalue weighted by atomic mass is 79.9. The summed E-state index contributed by atoms with van der Waals surface area (Å²) in [5, 5.41) is 6.40. The molecule has 5 nitrogen and oxygen atoms in total. The van der Waals surface area contributed by atoms with Gasteiger partial charge in [0.1, 0.15) is 5.69 Å². The van der Waals surface area contributed by atoms with Gasteiger partial charge in [-0.1, -0.05) is 0 Å². The predicted molar refractivity (Wildman–Crippen MR) is 51.7 cm³/mol. The minimum atomic E-state index is 0.215. The molecule has 0 aliphatic carbocycles. The topological polar surface area (TPSA) is 80.5 Å². The smallest absolute Gasteiger partial charge is 0.239 e. The molecule has 2 rings (SSSR count). The first-order chi connectivity index (χ1) is 6.27. The highest BCUT2D eigenvalue weighted by Gasteiger charge is 2.07. The first-order valence-corrected chi connectivity index (χ1v) is 4.35. The summed E-state index contributed by atoms with van der Waals surface area (Å²) in [5.41, 5.74) is 6.07. The molecule has 2 heterocycles. The normalized spacial score (nSPS) is 10.2. The number of hydrogen-bond acceptors (Lipinski definition) is 4. The van der Waals surface area contributed by atoms with Crippen LogP contribution in [0.2, 0.25) is 0 Å². The number of rotatable bonds is 1. The van der Waals surface area contributed by atoms with Crippen molar-refractivity contribution in [3.63, 3.8) is 0 Å². The number of nitrogens with one attached hydrogen (secondary N) is 1. The molecule has 0 atom stereocenters. The highest BCUT2D eigenvalue weighted by molar-refractivity contribution is 9.10. The Morgan fingerprint density at radius 1 is 1.46 bits per heavy atom. The van der Waals surface area contributed by atoms with Gasteiger partial charge in [0.2, 0.25) is 5.95 Å². The van der Waals surface area contributed by atoms with Crippen LogP contribution in [0, 0.1) is 0 Å². The quantitative estimate of drug-likeness (QED) is 0.784. The van der Waals surface area contributed by atoms with Crippen molar-refractivity contribution in [2.75, 3.05) is 5.73 Å². The SMILES string of the molecule is Nc1n[nH]c(-c2ncccc2Br)n1. The summed E-state index contributed by atoms with van der Waals surface area (Å²) in [6.07, 6.45) is 1.68. The molecule has 2 aromatic heterocycles. The van der Waals surface area contributed by atoms with Crippen molar-refractivity contribution in [3.05, 3.63) is 22.8 Å². The second kappa shape index (κ2) is 3.14. The Labute approximate surface area is 82.5 Å². The Hall–Kier alpha value is -1.43. The van der Waals surface area contributed by atoms with Crippen LogP contribution >= 0.6 is 15.9 Å². The second-order valence-corrected chi connectivity index (χ2v) is 3.23. The van der Waals surface area contributed by atoms with Crippen LogP contribution < -0.4 is 5.73 Å². The maximum absolute atomic E-state index is 5.37. The Morgan fingerprint density at radius 2 is 2.31 bits per heavy atom. The molecule has 0 aromatic carbocycles. The van der Waals surface area contributed by atoms with Crippen molar-refractivity contribution in [1.82, 2.24) is 20.2 Å². The molecule has 66 valence electrons. The zero-order valence-corrected chi connectivity index (χ0v) is 8.12. The second-order valence-electron chi connectivity index (χ2n) is 2.38. The maximum atomic E-state index is 5.37. The molecular formula is C7H6BrN5. The monoisotopic (exact) mass is 239 g/mol. The molecule has 0 radical (unpaired) electrons. The van der Waals surface area contributed by atoms with Gasteiger partial charge in [-0.3, -0.25) is 10.1 Å². The number of halogens is 1. The number of aromatic nitrogens is 4. The summed E-state index contributed by atoms with van der Waals surface area (Å²) in [5.74, 6) is 0.775. The fraction of sp³-hybridized carbons (Fsp3) is 0. The van der Waals surface area contributed by atoms with Crippen LogP contribution in [0.15, 0.2) is 22.8 Å². The lowest BCUT2D eigenvalue weighted by molar-refractivity contribution is 1.09. The average molecular weight is 240 g/mol. The van der Waals surface area contributed by atoms with E-state index in [-0.39, 0.29) is 5.95 Å². The lowest BCUT2D eigenvalue weighted by atomic mass is 10.3. The van der Waals surface area contributed by atoms with E-state index in [0.29, 0.717) is 11.5 Å². The molecule has 0 saturated carbocycles. The van der Waals surface area contributed by atoms with Crippen LogP contribution in [0.4, 0.5) is 5.95 Å². The number of nitrogens with two attached hydrogens (primary N) is 1. The van der Waals surface area contributed by atoms with Gasteiger partial charge in [-0.25, -0.2) is 0 Å². The van der Waals surface area contributed by atoms with Crippen molar-refractivity contribution < 1.29 is 0 Å². The van der Waals surface area contributed by atoms with E-state index in [9.17, 15) is 0 Å². The summed E-state index contributed by atoms with van der Waals surface area (Å²) in [6.45, 7) is 0. The lowest BCUT2D eigenvalue weighted by Crippen LogP contribution is -1.87. The number of H-pyrrole nitrogens is 1. The summed E-state index contributed by atoms with van der Waals surface area (Å²) in [4.78, 5) is 8.09. The van der Waals surface area contributed by atoms with Crippen molar-refractivity contribution in [1.29, 1.82) is 0 Å². The molecule has 3 N–H and O–H groups in total. The maximum Gasteiger partial charge on any atom is 0.239 e. The summed E-state index contributed by atoms with van der Waals surface area (Å²) in [7, 11) is 0. The van der Waals surface area contributed by atoms with E-state index in [1.54, 1.807) is 6.20 Å². The van der Waals surface area contributed by atoms with Gasteiger partial charge in [0.15, 0.2) is 5.82 Å². The Kier molecular flexibility index (Phi) is 1.97. The third kappa shape index (κ3) is 1.52. The van der Waals surface area contributed by atoms with Gasteiger partial charge in [0.25, 0.3) is 0 Å². The summed E-state index contributed by atoms with van der Waals surface area (Å²) < 4.78 is 0.853. The van der Waals surface area contributed by atoms with Gasteiger partial charge in [0.05, 0.1) is 0 Å². The number of nitrogen functional groups attached to an aromatic ring is 1. The minimum Gasteiger partial charge on any atom is -0.366 e. The number of pyridine rings is 1. The molecule has 6 heteroatoms. The summed E-state index contributed by atoms with van der Waals surface area (Å²) in [6, 6.07) is 3.70. The number of anilines is 1. The van der Waals surface area contributed by atoms with Gasteiger partial charge in [-0.2, -0.15) is 4.98 Å². The van der Waals surface area contributed by atoms with E-state index in [1.807, 2.05) is 12.1 Å². The van der Waals surface area contributed by atoms with E-state index < -0.39 is 0 Å². The van der Waals surface area contributed by atoms with Crippen LogP contribution in [0.1, 0.15) is 0 Å². The number of aromatic amines is 1. The fourth-order valence-corrected chi connectivity index (χ4v) is 1.38. The molecule has 0 saturated heterocycles. The molecular weight excluding hydrogens is 234 g/mol. The predicted octanol–water partition coefficient (Wildman–Crippen LogP) is 1.21. The first-order valence-electron chi connectivity index (χ1n) is 3.56. The van der Waals surface area contributed by atoms with Gasteiger partial charge in [-0.05, 0) is 28.1 Å². The van der Waals surface area contributed by atoms with Crippen LogP contribution in [-0.2, 0) is 0 Å². The van der Waals surface area contributed by atoms with E-state index in [2.05, 4.69) is 36.1 Å². The molecule has 0 bridgehead atoms. The van der Waals surface area contributed by atoms with Crippen LogP contribution in [-0.4, -0.2) is 20.2 Å². The van der Waals surface area contributed by atoms with Crippen LogP contribution in [0.5, 0.6) is 0 Å². The molecule has 0 spiro atoms.